The lowest BCUT2D eigenvalue weighted by Crippen LogP contribution is -2.09. The third kappa shape index (κ3) is 1.73. The molecule has 0 aliphatic rings. The number of hydrogen-bond acceptors (Lipinski definition) is 4. The fourth-order valence-electron chi connectivity index (χ4n) is 1.87. The molecular weight excluding hydrogens is 250 g/mol. The molecule has 6 heteroatoms. The van der Waals surface area contributed by atoms with Crippen molar-refractivity contribution in [2.75, 3.05) is 0 Å². The highest BCUT2D eigenvalue weighted by Crippen LogP contribution is 2.22. The number of hydrogen-bond donors (Lipinski definition) is 0. The first-order valence-corrected chi connectivity index (χ1v) is 5.91. The summed E-state index contributed by atoms with van der Waals surface area (Å²) in [6.07, 6.45) is 1.42. The predicted molar refractivity (Wildman–Crippen MR) is 68.4 cm³/mol. The minimum Gasteiger partial charge on any atom is -0.222 e. The summed E-state index contributed by atoms with van der Waals surface area (Å²) in [5, 5.41) is 8.46. The van der Waals surface area contributed by atoms with E-state index in [2.05, 4.69) is 20.3 Å². The number of rotatable bonds is 2. The fraction of sp³-hybridized carbons (Fsp3) is 0.167. The Morgan fingerprint density at radius 1 is 1.17 bits per heavy atom. The van der Waals surface area contributed by atoms with Gasteiger partial charge in [0.1, 0.15) is 6.33 Å². The van der Waals surface area contributed by atoms with Gasteiger partial charge >= 0.3 is 0 Å². The highest BCUT2D eigenvalue weighted by Gasteiger charge is 2.15. The van der Waals surface area contributed by atoms with Crippen molar-refractivity contribution >= 4 is 22.8 Å². The van der Waals surface area contributed by atoms with Crippen LogP contribution in [0.25, 0.3) is 11.2 Å². The summed E-state index contributed by atoms with van der Waals surface area (Å²) in [5.74, 6) is 0. The van der Waals surface area contributed by atoms with Gasteiger partial charge in [0.2, 0.25) is 0 Å². The highest BCUT2D eigenvalue weighted by molar-refractivity contribution is 6.33. The molecule has 3 aromatic rings. The van der Waals surface area contributed by atoms with Gasteiger partial charge in [-0.15, -0.1) is 5.10 Å². The monoisotopic (exact) mass is 259 g/mol. The van der Waals surface area contributed by atoms with E-state index in [-0.39, 0.29) is 6.04 Å². The molecule has 1 unspecified atom stereocenters. The summed E-state index contributed by atoms with van der Waals surface area (Å²) in [6.45, 7) is 2.04. The Morgan fingerprint density at radius 3 is 2.72 bits per heavy atom. The average molecular weight is 260 g/mol. The van der Waals surface area contributed by atoms with Gasteiger partial charge in [-0.1, -0.05) is 47.1 Å². The van der Waals surface area contributed by atoms with Crippen LogP contribution in [0.15, 0.2) is 36.7 Å². The summed E-state index contributed by atoms with van der Waals surface area (Å²) in [4.78, 5) is 8.08. The molecule has 0 saturated heterocycles. The topological polar surface area (TPSA) is 56.5 Å². The molecule has 0 N–H and O–H groups in total. The maximum atomic E-state index is 5.95. The zero-order chi connectivity index (χ0) is 12.5. The molecular formula is C12H10ClN5. The Bertz CT molecular complexity index is 679. The average Bonchev–Trinajstić information content (AvgIpc) is 2.84. The quantitative estimate of drug-likeness (QED) is 0.664. The van der Waals surface area contributed by atoms with Crippen LogP contribution in [0.2, 0.25) is 5.15 Å². The van der Waals surface area contributed by atoms with Crippen LogP contribution in [0.3, 0.4) is 0 Å². The fourth-order valence-corrected chi connectivity index (χ4v) is 2.04. The van der Waals surface area contributed by atoms with E-state index in [1.165, 1.54) is 6.33 Å². The second-order valence-corrected chi connectivity index (χ2v) is 4.32. The molecule has 1 aromatic carbocycles. The summed E-state index contributed by atoms with van der Waals surface area (Å²) < 4.78 is 1.75. The van der Waals surface area contributed by atoms with E-state index in [1.54, 1.807) is 4.68 Å². The van der Waals surface area contributed by atoms with Crippen LogP contribution in [0.4, 0.5) is 0 Å². The van der Waals surface area contributed by atoms with Crippen LogP contribution in [-0.2, 0) is 0 Å². The zero-order valence-corrected chi connectivity index (χ0v) is 10.4. The van der Waals surface area contributed by atoms with Gasteiger partial charge in [-0.25, -0.2) is 14.6 Å². The van der Waals surface area contributed by atoms with Crippen LogP contribution < -0.4 is 0 Å². The highest BCUT2D eigenvalue weighted by atomic mass is 35.5. The maximum absolute atomic E-state index is 5.95. The lowest BCUT2D eigenvalue weighted by Gasteiger charge is -2.11. The Balaban J connectivity index is 2.13. The lowest BCUT2D eigenvalue weighted by molar-refractivity contribution is 0.556. The zero-order valence-electron chi connectivity index (χ0n) is 9.66. The van der Waals surface area contributed by atoms with E-state index in [9.17, 15) is 0 Å². The van der Waals surface area contributed by atoms with Gasteiger partial charge in [-0.3, -0.25) is 0 Å². The normalized spacial score (nSPS) is 12.8. The molecule has 5 nitrogen and oxygen atoms in total. The van der Waals surface area contributed by atoms with E-state index >= 15 is 0 Å². The first-order valence-electron chi connectivity index (χ1n) is 5.53. The molecule has 0 saturated carbocycles. The molecule has 0 bridgehead atoms. The predicted octanol–water partition coefficient (Wildman–Crippen LogP) is 2.48. The number of fused-ring (bicyclic) bond motifs is 1. The number of benzene rings is 1. The van der Waals surface area contributed by atoms with Crippen molar-refractivity contribution in [1.29, 1.82) is 0 Å². The minimum absolute atomic E-state index is 0.0437. The molecule has 0 fully saturated rings. The molecule has 1 atom stereocenters. The van der Waals surface area contributed by atoms with Gasteiger partial charge in [0.05, 0.1) is 6.04 Å². The molecule has 0 aliphatic carbocycles. The number of nitrogens with zero attached hydrogens (tertiary/aromatic N) is 5. The molecule has 0 spiro atoms. The molecule has 90 valence electrons. The standard InChI is InChI=1S/C12H10ClN5/c1-8(9-5-3-2-4-6-9)18-12-10(16-17-18)11(13)14-7-15-12/h2-8H,1H3. The van der Waals surface area contributed by atoms with Crippen LogP contribution in [-0.4, -0.2) is 25.0 Å². The summed E-state index contributed by atoms with van der Waals surface area (Å²) in [7, 11) is 0. The van der Waals surface area contributed by atoms with Crippen molar-refractivity contribution in [2.45, 2.75) is 13.0 Å². The first-order chi connectivity index (χ1) is 8.77. The number of aromatic nitrogens is 5. The Morgan fingerprint density at radius 2 is 1.94 bits per heavy atom. The maximum Gasteiger partial charge on any atom is 0.183 e. The van der Waals surface area contributed by atoms with Gasteiger partial charge in [-0.05, 0) is 12.5 Å². The minimum atomic E-state index is 0.0437. The van der Waals surface area contributed by atoms with E-state index in [4.69, 9.17) is 11.6 Å². The van der Waals surface area contributed by atoms with Crippen molar-refractivity contribution in [3.05, 3.63) is 47.4 Å². The van der Waals surface area contributed by atoms with Gasteiger partial charge in [0.15, 0.2) is 16.3 Å². The van der Waals surface area contributed by atoms with Crippen LogP contribution in [0, 0.1) is 0 Å². The van der Waals surface area contributed by atoms with Crippen molar-refractivity contribution in [2.24, 2.45) is 0 Å². The van der Waals surface area contributed by atoms with E-state index in [0.29, 0.717) is 16.3 Å². The van der Waals surface area contributed by atoms with E-state index < -0.39 is 0 Å². The molecule has 0 amide bonds. The van der Waals surface area contributed by atoms with Crippen molar-refractivity contribution in [3.8, 4) is 0 Å². The largest absolute Gasteiger partial charge is 0.222 e. The second-order valence-electron chi connectivity index (χ2n) is 3.96. The van der Waals surface area contributed by atoms with Crippen LogP contribution >= 0.6 is 11.6 Å². The summed E-state index contributed by atoms with van der Waals surface area (Å²) >= 11 is 5.95. The number of halogens is 1. The SMILES string of the molecule is CC(c1ccccc1)n1nnc2c(Cl)ncnc21. The van der Waals surface area contributed by atoms with Crippen LogP contribution in [0.1, 0.15) is 18.5 Å². The molecule has 0 aliphatic heterocycles. The Hall–Kier alpha value is -2.01. The smallest absolute Gasteiger partial charge is 0.183 e. The van der Waals surface area contributed by atoms with Crippen molar-refractivity contribution in [1.82, 2.24) is 25.0 Å². The van der Waals surface area contributed by atoms with E-state index in [1.807, 2.05) is 37.3 Å². The summed E-state index contributed by atoms with van der Waals surface area (Å²) in [5.41, 5.74) is 2.31. The molecule has 2 aromatic heterocycles. The van der Waals surface area contributed by atoms with Gasteiger partial charge < -0.3 is 0 Å². The van der Waals surface area contributed by atoms with Gasteiger partial charge in [-0.2, -0.15) is 0 Å². The third-order valence-corrected chi connectivity index (χ3v) is 3.14. The molecule has 0 radical (unpaired) electrons. The molecule has 2 heterocycles. The third-order valence-electron chi connectivity index (χ3n) is 2.87. The Labute approximate surface area is 108 Å². The van der Waals surface area contributed by atoms with Gasteiger partial charge in [0, 0.05) is 0 Å². The second kappa shape index (κ2) is 4.34. The van der Waals surface area contributed by atoms with E-state index in [0.717, 1.165) is 5.56 Å². The van der Waals surface area contributed by atoms with Crippen molar-refractivity contribution < 1.29 is 0 Å². The molecule has 18 heavy (non-hydrogen) atoms. The lowest BCUT2D eigenvalue weighted by atomic mass is 10.1. The van der Waals surface area contributed by atoms with Crippen molar-refractivity contribution in [3.63, 3.8) is 0 Å². The first kappa shape index (κ1) is 11.1. The molecule has 3 rings (SSSR count). The summed E-state index contributed by atoms with van der Waals surface area (Å²) in [6, 6.07) is 10.1. The van der Waals surface area contributed by atoms with Crippen LogP contribution in [0.5, 0.6) is 0 Å². The Kier molecular flexibility index (Phi) is 2.68. The van der Waals surface area contributed by atoms with Gasteiger partial charge in [0.25, 0.3) is 0 Å².